The van der Waals surface area contributed by atoms with Crippen LogP contribution in [0.5, 0.6) is 0 Å². The van der Waals surface area contributed by atoms with E-state index in [1.807, 2.05) is 85.8 Å². The second-order valence-electron chi connectivity index (χ2n) is 8.01. The maximum absolute atomic E-state index is 12.6. The van der Waals surface area contributed by atoms with Gasteiger partial charge in [-0.25, -0.2) is 4.79 Å². The van der Waals surface area contributed by atoms with Gasteiger partial charge in [-0.1, -0.05) is 78.9 Å². The predicted molar refractivity (Wildman–Crippen MR) is 131 cm³/mol. The number of carbonyl (C=O) groups excluding carboxylic acids is 1. The number of hydrogen-bond acceptors (Lipinski definition) is 4. The van der Waals surface area contributed by atoms with Crippen molar-refractivity contribution in [2.45, 2.75) is 26.4 Å². The monoisotopic (exact) mass is 455 g/mol. The highest BCUT2D eigenvalue weighted by molar-refractivity contribution is 5.92. The van der Waals surface area contributed by atoms with Crippen LogP contribution in [0.2, 0.25) is 0 Å². The number of anilines is 1. The highest BCUT2D eigenvalue weighted by Crippen LogP contribution is 2.34. The van der Waals surface area contributed by atoms with Crippen molar-refractivity contribution < 1.29 is 23.8 Å². The number of hydrogen-bond donors (Lipinski definition) is 2. The Morgan fingerprint density at radius 1 is 0.912 bits per heavy atom. The van der Waals surface area contributed by atoms with Gasteiger partial charge in [-0.15, -0.1) is 0 Å². The first-order valence-electron chi connectivity index (χ1n) is 10.9. The van der Waals surface area contributed by atoms with E-state index in [1.54, 1.807) is 13.2 Å². The van der Waals surface area contributed by atoms with Crippen LogP contribution in [0, 0.1) is 6.92 Å². The fourth-order valence-corrected chi connectivity index (χ4v) is 3.74. The van der Waals surface area contributed by atoms with Gasteiger partial charge >= 0.3 is 12.1 Å². The van der Waals surface area contributed by atoms with Gasteiger partial charge in [-0.2, -0.15) is 0 Å². The molecule has 34 heavy (non-hydrogen) atoms. The second kappa shape index (κ2) is 10.1. The topological polar surface area (TPSA) is 88.8 Å². The Labute approximate surface area is 197 Å². The third-order valence-corrected chi connectivity index (χ3v) is 5.59. The van der Waals surface area contributed by atoms with Gasteiger partial charge in [0.2, 0.25) is 0 Å². The Hall–Kier alpha value is -4.32. The molecular weight excluding hydrogens is 430 g/mol. The molecule has 6 heteroatoms. The third kappa shape index (κ3) is 5.35. The van der Waals surface area contributed by atoms with Crippen molar-refractivity contribution >= 4 is 17.7 Å². The van der Waals surface area contributed by atoms with E-state index in [0.717, 1.165) is 33.4 Å². The van der Waals surface area contributed by atoms with E-state index in [4.69, 9.17) is 14.3 Å². The third-order valence-electron chi connectivity index (χ3n) is 5.59. The second-order valence-corrected chi connectivity index (χ2v) is 8.01. The molecule has 1 heterocycles. The van der Waals surface area contributed by atoms with Crippen molar-refractivity contribution in [2.24, 2.45) is 0 Å². The molecule has 0 bridgehead atoms. The molecule has 1 atom stereocenters. The number of carbonyl (C=O) groups is 2. The summed E-state index contributed by atoms with van der Waals surface area (Å²) >= 11 is 0. The van der Waals surface area contributed by atoms with Gasteiger partial charge in [-0.05, 0) is 41.7 Å². The number of furan rings is 1. The molecule has 0 aliphatic carbocycles. The Kier molecular flexibility index (Phi) is 6.78. The Morgan fingerprint density at radius 2 is 1.50 bits per heavy atom. The molecule has 1 aromatic heterocycles. The molecule has 6 nitrogen and oxygen atoms in total. The lowest BCUT2D eigenvalue weighted by molar-refractivity contribution is -0.136. The average Bonchev–Trinajstić information content (AvgIpc) is 3.19. The standard InChI is InChI=1S/C28H25NO5/c1-18(21-6-4-3-5-7-21)34-28(32)29-27-19(2)33-17-25(27)24-14-12-23(13-15-24)22-10-8-20(9-11-22)16-26(30)31/h3-15,17-18H,16H2,1-2H3,(H,29,32)(H,30,31). The van der Waals surface area contributed by atoms with Crippen LogP contribution in [0.4, 0.5) is 10.5 Å². The summed E-state index contributed by atoms with van der Waals surface area (Å²) < 4.78 is 11.1. The highest BCUT2D eigenvalue weighted by atomic mass is 16.6. The number of amides is 1. The minimum atomic E-state index is -0.852. The van der Waals surface area contributed by atoms with Gasteiger partial charge in [0.05, 0.1) is 12.1 Å². The molecule has 2 N–H and O–H groups in total. The molecule has 1 unspecified atom stereocenters. The van der Waals surface area contributed by atoms with Crippen LogP contribution in [-0.4, -0.2) is 17.2 Å². The normalized spacial score (nSPS) is 11.6. The fraction of sp³-hybridized carbons (Fsp3) is 0.143. The Balaban J connectivity index is 1.48. The molecule has 172 valence electrons. The minimum absolute atomic E-state index is 0.00139. The summed E-state index contributed by atoms with van der Waals surface area (Å²) in [5.74, 6) is -0.271. The predicted octanol–water partition coefficient (Wildman–Crippen LogP) is 6.86. The van der Waals surface area contributed by atoms with Crippen molar-refractivity contribution in [2.75, 3.05) is 5.32 Å². The maximum atomic E-state index is 12.6. The smallest absolute Gasteiger partial charge is 0.412 e. The molecule has 1 amide bonds. The van der Waals surface area contributed by atoms with Crippen molar-refractivity contribution in [1.82, 2.24) is 0 Å². The molecule has 3 aromatic carbocycles. The van der Waals surface area contributed by atoms with Gasteiger partial charge in [-0.3, -0.25) is 10.1 Å². The number of nitrogens with one attached hydrogen (secondary N) is 1. The summed E-state index contributed by atoms with van der Waals surface area (Å²) in [5.41, 5.74) is 5.85. The average molecular weight is 456 g/mol. The zero-order chi connectivity index (χ0) is 24.1. The van der Waals surface area contributed by atoms with Crippen molar-refractivity contribution in [3.05, 3.63) is 102 Å². The summed E-state index contributed by atoms with van der Waals surface area (Å²) in [6.07, 6.45) is 0.668. The molecule has 0 fully saturated rings. The first-order valence-corrected chi connectivity index (χ1v) is 10.9. The van der Waals surface area contributed by atoms with Crippen LogP contribution < -0.4 is 5.32 Å². The maximum Gasteiger partial charge on any atom is 0.412 e. The lowest BCUT2D eigenvalue weighted by atomic mass is 9.99. The van der Waals surface area contributed by atoms with Crippen LogP contribution in [0.3, 0.4) is 0 Å². The zero-order valence-electron chi connectivity index (χ0n) is 18.9. The molecule has 0 aliphatic rings. The number of benzene rings is 3. The molecule has 4 rings (SSSR count). The van der Waals surface area contributed by atoms with Gasteiger partial charge < -0.3 is 14.3 Å². The van der Waals surface area contributed by atoms with Crippen LogP contribution in [0.15, 0.2) is 89.5 Å². The summed E-state index contributed by atoms with van der Waals surface area (Å²) in [7, 11) is 0. The van der Waals surface area contributed by atoms with E-state index < -0.39 is 18.2 Å². The summed E-state index contributed by atoms with van der Waals surface area (Å²) in [6.45, 7) is 3.61. The van der Waals surface area contributed by atoms with Crippen molar-refractivity contribution in [3.8, 4) is 22.3 Å². The zero-order valence-corrected chi connectivity index (χ0v) is 18.9. The van der Waals surface area contributed by atoms with Crippen LogP contribution in [0.25, 0.3) is 22.3 Å². The van der Waals surface area contributed by atoms with Crippen molar-refractivity contribution in [3.63, 3.8) is 0 Å². The van der Waals surface area contributed by atoms with Gasteiger partial charge in [0.15, 0.2) is 0 Å². The molecule has 0 radical (unpaired) electrons. The molecule has 4 aromatic rings. The number of aryl methyl sites for hydroxylation is 1. The summed E-state index contributed by atoms with van der Waals surface area (Å²) in [6, 6.07) is 24.9. The van der Waals surface area contributed by atoms with Gasteiger partial charge in [0.25, 0.3) is 0 Å². The first kappa shape index (κ1) is 22.9. The number of ether oxygens (including phenoxy) is 1. The highest BCUT2D eigenvalue weighted by Gasteiger charge is 2.18. The largest absolute Gasteiger partial charge is 0.481 e. The summed E-state index contributed by atoms with van der Waals surface area (Å²) in [4.78, 5) is 23.4. The quantitative estimate of drug-likeness (QED) is 0.318. The minimum Gasteiger partial charge on any atom is -0.481 e. The van der Waals surface area contributed by atoms with Crippen LogP contribution in [-0.2, 0) is 16.0 Å². The molecule has 0 saturated carbocycles. The number of carboxylic acid groups (broad SMARTS) is 1. The van der Waals surface area contributed by atoms with Gasteiger partial charge in [0.1, 0.15) is 18.1 Å². The van der Waals surface area contributed by atoms with E-state index in [-0.39, 0.29) is 6.42 Å². The van der Waals surface area contributed by atoms with E-state index in [1.165, 1.54) is 0 Å². The molecule has 0 aliphatic heterocycles. The Bertz CT molecular complexity index is 1270. The van der Waals surface area contributed by atoms with E-state index in [0.29, 0.717) is 11.4 Å². The van der Waals surface area contributed by atoms with E-state index in [2.05, 4.69) is 5.32 Å². The number of aliphatic carboxylic acids is 1. The molecular formula is C28H25NO5. The fourth-order valence-electron chi connectivity index (χ4n) is 3.74. The van der Waals surface area contributed by atoms with Crippen LogP contribution >= 0.6 is 0 Å². The molecule has 0 saturated heterocycles. The van der Waals surface area contributed by atoms with E-state index in [9.17, 15) is 9.59 Å². The first-order chi connectivity index (χ1) is 16.4. The van der Waals surface area contributed by atoms with Crippen LogP contribution in [0.1, 0.15) is 29.9 Å². The number of carboxylic acids is 1. The van der Waals surface area contributed by atoms with Crippen molar-refractivity contribution in [1.29, 1.82) is 0 Å². The van der Waals surface area contributed by atoms with E-state index >= 15 is 0 Å². The summed E-state index contributed by atoms with van der Waals surface area (Å²) in [5, 5.41) is 11.7. The van der Waals surface area contributed by atoms with Gasteiger partial charge in [0, 0.05) is 5.56 Å². The lowest BCUT2D eigenvalue weighted by Gasteiger charge is -2.14. The number of rotatable bonds is 7. The SMILES string of the molecule is Cc1occ(-c2ccc(-c3ccc(CC(=O)O)cc3)cc2)c1NC(=O)OC(C)c1ccccc1. The lowest BCUT2D eigenvalue weighted by Crippen LogP contribution is -2.16. The molecule has 0 spiro atoms. The Morgan fingerprint density at radius 3 is 2.12 bits per heavy atom.